The number of halogens is 2. The van der Waals surface area contributed by atoms with Gasteiger partial charge in [-0.05, 0) is 64.0 Å². The van der Waals surface area contributed by atoms with Crippen LogP contribution in [0.15, 0.2) is 86.5 Å². The molecule has 0 N–H and O–H groups in total. The summed E-state index contributed by atoms with van der Waals surface area (Å²) in [5.41, 5.74) is 1.12. The normalized spacial score (nSPS) is 11.1. The van der Waals surface area contributed by atoms with Crippen molar-refractivity contribution in [3.63, 3.8) is 0 Å². The molecule has 4 aromatic rings. The molecule has 0 atom stereocenters. The number of methoxy groups -OCH3 is 1. The van der Waals surface area contributed by atoms with Gasteiger partial charge >= 0.3 is 5.97 Å². The standard InChI is InChI=1S/C25H16BrClO5/c1-30-21-12-10-16(14-18(21)26)24-25(23(29)17-7-3-5-9-20(17)31-24)32-22(28)13-11-15-6-2-4-8-19(15)27/h2-14H,1H3/b13-11+. The first kappa shape index (κ1) is 21.9. The van der Waals surface area contributed by atoms with Crippen LogP contribution in [-0.4, -0.2) is 13.1 Å². The third-order valence-corrected chi connectivity index (χ3v) is 5.64. The molecule has 0 spiro atoms. The Kier molecular flexibility index (Phi) is 6.44. The zero-order valence-corrected chi connectivity index (χ0v) is 19.1. The maximum atomic E-state index is 13.2. The van der Waals surface area contributed by atoms with Crippen LogP contribution in [0.1, 0.15) is 5.56 Å². The molecule has 0 radical (unpaired) electrons. The van der Waals surface area contributed by atoms with Gasteiger partial charge in [0.1, 0.15) is 11.3 Å². The molecule has 32 heavy (non-hydrogen) atoms. The monoisotopic (exact) mass is 510 g/mol. The van der Waals surface area contributed by atoms with Crippen LogP contribution in [0, 0.1) is 0 Å². The number of carbonyl (C=O) groups excluding carboxylic acids is 1. The maximum absolute atomic E-state index is 13.2. The van der Waals surface area contributed by atoms with E-state index in [1.165, 1.54) is 12.2 Å². The Morgan fingerprint density at radius 3 is 2.56 bits per heavy atom. The molecule has 160 valence electrons. The summed E-state index contributed by atoms with van der Waals surface area (Å²) in [5, 5.41) is 0.798. The first-order chi connectivity index (χ1) is 15.5. The van der Waals surface area contributed by atoms with Crippen LogP contribution >= 0.6 is 27.5 Å². The maximum Gasteiger partial charge on any atom is 0.336 e. The summed E-state index contributed by atoms with van der Waals surface area (Å²) in [6.07, 6.45) is 2.74. The Balaban J connectivity index is 1.79. The van der Waals surface area contributed by atoms with Crippen LogP contribution in [0.4, 0.5) is 0 Å². The lowest BCUT2D eigenvalue weighted by molar-refractivity contribution is -0.129. The summed E-state index contributed by atoms with van der Waals surface area (Å²) < 4.78 is 17.4. The summed E-state index contributed by atoms with van der Waals surface area (Å²) in [6, 6.07) is 19.0. The quantitative estimate of drug-likeness (QED) is 0.226. The fourth-order valence-electron chi connectivity index (χ4n) is 3.12. The van der Waals surface area contributed by atoms with Gasteiger partial charge in [0, 0.05) is 16.7 Å². The van der Waals surface area contributed by atoms with Crippen molar-refractivity contribution < 1.29 is 18.7 Å². The van der Waals surface area contributed by atoms with Crippen LogP contribution < -0.4 is 14.9 Å². The van der Waals surface area contributed by atoms with E-state index in [2.05, 4.69) is 15.9 Å². The Labute approximate surface area is 197 Å². The summed E-state index contributed by atoms with van der Waals surface area (Å²) in [5.74, 6) is -0.189. The Morgan fingerprint density at radius 1 is 1.06 bits per heavy atom. The number of ether oxygens (including phenoxy) is 2. The molecule has 0 bridgehead atoms. The van der Waals surface area contributed by atoms with Crippen LogP contribution in [-0.2, 0) is 4.79 Å². The smallest absolute Gasteiger partial charge is 0.336 e. The van der Waals surface area contributed by atoms with E-state index in [0.717, 1.165) is 0 Å². The largest absolute Gasteiger partial charge is 0.496 e. The summed E-state index contributed by atoms with van der Waals surface area (Å²) in [6.45, 7) is 0. The number of hydrogen-bond donors (Lipinski definition) is 0. The second-order valence-electron chi connectivity index (χ2n) is 6.71. The van der Waals surface area contributed by atoms with Gasteiger partial charge in [-0.2, -0.15) is 0 Å². The molecule has 0 aliphatic carbocycles. The van der Waals surface area contributed by atoms with E-state index in [-0.39, 0.29) is 11.5 Å². The molecular weight excluding hydrogens is 496 g/mol. The van der Waals surface area contributed by atoms with Gasteiger partial charge in [0.05, 0.1) is 17.0 Å². The second kappa shape index (κ2) is 9.42. The minimum atomic E-state index is -0.735. The van der Waals surface area contributed by atoms with Crippen LogP contribution in [0.25, 0.3) is 28.4 Å². The van der Waals surface area contributed by atoms with Gasteiger partial charge in [0.15, 0.2) is 5.76 Å². The van der Waals surface area contributed by atoms with Crippen LogP contribution in [0.5, 0.6) is 11.5 Å². The predicted molar refractivity (Wildman–Crippen MR) is 128 cm³/mol. The van der Waals surface area contributed by atoms with Gasteiger partial charge in [-0.1, -0.05) is 41.9 Å². The number of benzene rings is 3. The molecule has 1 heterocycles. The highest BCUT2D eigenvalue weighted by Gasteiger charge is 2.20. The van der Waals surface area contributed by atoms with Crippen LogP contribution in [0.2, 0.25) is 5.02 Å². The second-order valence-corrected chi connectivity index (χ2v) is 7.97. The van der Waals surface area contributed by atoms with Crippen molar-refractivity contribution in [2.75, 3.05) is 7.11 Å². The van der Waals surface area contributed by atoms with Gasteiger partial charge in [-0.25, -0.2) is 4.79 Å². The number of para-hydroxylation sites is 1. The van der Waals surface area contributed by atoms with Gasteiger partial charge in [-0.15, -0.1) is 0 Å². The average Bonchev–Trinajstić information content (AvgIpc) is 2.80. The highest BCUT2D eigenvalue weighted by Crippen LogP contribution is 2.35. The van der Waals surface area contributed by atoms with Crippen molar-refractivity contribution in [3.8, 4) is 22.8 Å². The molecule has 0 saturated carbocycles. The Morgan fingerprint density at radius 2 is 1.81 bits per heavy atom. The lowest BCUT2D eigenvalue weighted by Crippen LogP contribution is -2.14. The number of hydrogen-bond acceptors (Lipinski definition) is 5. The SMILES string of the molecule is COc1ccc(-c2oc3ccccc3c(=O)c2OC(=O)/C=C/c2ccccc2Cl)cc1Br. The molecule has 1 aromatic heterocycles. The van der Waals surface area contributed by atoms with Crippen molar-refractivity contribution in [3.05, 3.63) is 98.1 Å². The number of fused-ring (bicyclic) bond motifs is 1. The fourth-order valence-corrected chi connectivity index (χ4v) is 3.86. The molecule has 3 aromatic carbocycles. The molecule has 5 nitrogen and oxygen atoms in total. The number of esters is 1. The highest BCUT2D eigenvalue weighted by atomic mass is 79.9. The molecular formula is C25H16BrClO5. The number of rotatable bonds is 5. The summed E-state index contributed by atoms with van der Waals surface area (Å²) in [4.78, 5) is 25.8. The average molecular weight is 512 g/mol. The molecule has 7 heteroatoms. The molecule has 0 fully saturated rings. The minimum absolute atomic E-state index is 0.136. The van der Waals surface area contributed by atoms with Crippen molar-refractivity contribution in [2.45, 2.75) is 0 Å². The van der Waals surface area contributed by atoms with E-state index < -0.39 is 11.4 Å². The van der Waals surface area contributed by atoms with Gasteiger partial charge < -0.3 is 13.9 Å². The third-order valence-electron chi connectivity index (χ3n) is 4.68. The van der Waals surface area contributed by atoms with E-state index in [4.69, 9.17) is 25.5 Å². The topological polar surface area (TPSA) is 65.7 Å². The molecule has 4 rings (SSSR count). The lowest BCUT2D eigenvalue weighted by Gasteiger charge is -2.11. The van der Waals surface area contributed by atoms with Gasteiger partial charge in [0.25, 0.3) is 0 Å². The third kappa shape index (κ3) is 4.47. The summed E-state index contributed by atoms with van der Waals surface area (Å²) >= 11 is 9.55. The minimum Gasteiger partial charge on any atom is -0.496 e. The Bertz CT molecular complexity index is 1410. The highest BCUT2D eigenvalue weighted by molar-refractivity contribution is 9.10. The molecule has 0 amide bonds. The van der Waals surface area contributed by atoms with E-state index in [0.29, 0.717) is 37.3 Å². The zero-order valence-electron chi connectivity index (χ0n) is 16.8. The lowest BCUT2D eigenvalue weighted by atomic mass is 10.1. The molecule has 0 unspecified atom stereocenters. The molecule has 0 aliphatic rings. The van der Waals surface area contributed by atoms with Gasteiger partial charge in [0.2, 0.25) is 11.2 Å². The number of carbonyl (C=O) groups is 1. The Hall–Kier alpha value is -3.35. The zero-order chi connectivity index (χ0) is 22.7. The molecule has 0 saturated heterocycles. The van der Waals surface area contributed by atoms with E-state index in [1.54, 1.807) is 73.8 Å². The first-order valence-electron chi connectivity index (χ1n) is 9.52. The predicted octanol–water partition coefficient (Wildman–Crippen LogP) is 6.50. The van der Waals surface area contributed by atoms with E-state index in [9.17, 15) is 9.59 Å². The van der Waals surface area contributed by atoms with Crippen molar-refractivity contribution >= 4 is 50.5 Å². The first-order valence-corrected chi connectivity index (χ1v) is 10.7. The van der Waals surface area contributed by atoms with Gasteiger partial charge in [-0.3, -0.25) is 4.79 Å². The van der Waals surface area contributed by atoms with Crippen molar-refractivity contribution in [1.82, 2.24) is 0 Å². The van der Waals surface area contributed by atoms with Crippen molar-refractivity contribution in [1.29, 1.82) is 0 Å². The molecule has 0 aliphatic heterocycles. The fraction of sp³-hybridized carbons (Fsp3) is 0.0400. The van der Waals surface area contributed by atoms with E-state index in [1.807, 2.05) is 0 Å². The summed E-state index contributed by atoms with van der Waals surface area (Å²) in [7, 11) is 1.55. The van der Waals surface area contributed by atoms with Crippen molar-refractivity contribution in [2.24, 2.45) is 0 Å². The van der Waals surface area contributed by atoms with E-state index >= 15 is 0 Å². The van der Waals surface area contributed by atoms with Crippen LogP contribution in [0.3, 0.4) is 0 Å².